The van der Waals surface area contributed by atoms with Crippen molar-refractivity contribution in [1.82, 2.24) is 19.9 Å². The van der Waals surface area contributed by atoms with Gasteiger partial charge in [-0.2, -0.15) is 0 Å². The van der Waals surface area contributed by atoms with Crippen LogP contribution in [-0.4, -0.2) is 44.9 Å². The highest BCUT2D eigenvalue weighted by Gasteiger charge is 2.40. The maximum atomic E-state index is 13.7. The lowest BCUT2D eigenvalue weighted by atomic mass is 10.2. The number of rotatable bonds is 3. The van der Waals surface area contributed by atoms with Crippen LogP contribution in [0, 0.1) is 12.7 Å². The molecule has 6 nitrogen and oxygen atoms in total. The summed E-state index contributed by atoms with van der Waals surface area (Å²) in [5.74, 6) is -3.04. The predicted molar refractivity (Wildman–Crippen MR) is 80.4 cm³/mol. The first-order valence-electron chi connectivity index (χ1n) is 7.43. The van der Waals surface area contributed by atoms with Crippen molar-refractivity contribution in [3.63, 3.8) is 0 Å². The minimum Gasteiger partial charge on any atom is -0.318 e. The second-order valence-electron chi connectivity index (χ2n) is 5.73. The van der Waals surface area contributed by atoms with Crippen LogP contribution in [0.5, 0.6) is 0 Å². The average Bonchev–Trinajstić information content (AvgIpc) is 3.06. The van der Waals surface area contributed by atoms with Gasteiger partial charge in [-0.05, 0) is 13.0 Å². The van der Waals surface area contributed by atoms with Crippen LogP contribution in [0.1, 0.15) is 17.7 Å². The van der Waals surface area contributed by atoms with E-state index in [1.165, 1.54) is 10.7 Å². The van der Waals surface area contributed by atoms with E-state index in [2.05, 4.69) is 15.6 Å². The topological polar surface area (TPSA) is 63.1 Å². The Hall–Kier alpha value is -2.58. The van der Waals surface area contributed by atoms with Gasteiger partial charge in [-0.3, -0.25) is 5.32 Å². The molecule has 2 heterocycles. The molecule has 0 atom stereocenters. The Bertz CT molecular complexity index is 761. The van der Waals surface area contributed by atoms with E-state index in [-0.39, 0.29) is 31.1 Å². The third kappa shape index (κ3) is 3.34. The van der Waals surface area contributed by atoms with Crippen molar-refractivity contribution in [2.75, 3.05) is 18.4 Å². The lowest BCUT2D eigenvalue weighted by Gasteiger charge is -2.16. The molecule has 2 amide bonds. The van der Waals surface area contributed by atoms with Crippen LogP contribution in [0.15, 0.2) is 24.3 Å². The average molecular weight is 339 g/mol. The number of amides is 2. The molecular weight excluding hydrogens is 323 g/mol. The fourth-order valence-electron chi connectivity index (χ4n) is 2.50. The molecule has 0 unspecified atom stereocenters. The molecule has 2 aromatic rings. The molecule has 1 aromatic carbocycles. The molecule has 1 aromatic heterocycles. The van der Waals surface area contributed by atoms with Gasteiger partial charge in [-0.25, -0.2) is 22.6 Å². The predicted octanol–water partition coefficient (Wildman–Crippen LogP) is 2.65. The number of nitrogens with zero attached hydrogens (tertiary/aromatic N) is 4. The zero-order valence-corrected chi connectivity index (χ0v) is 13.0. The zero-order valence-electron chi connectivity index (χ0n) is 13.0. The van der Waals surface area contributed by atoms with Gasteiger partial charge in [0.05, 0.1) is 18.8 Å². The number of carbonyl (C=O) groups excluding carboxylic acids is 1. The Morgan fingerprint density at radius 3 is 2.79 bits per heavy atom. The second kappa shape index (κ2) is 6.14. The summed E-state index contributed by atoms with van der Waals surface area (Å²) >= 11 is 0. The van der Waals surface area contributed by atoms with Gasteiger partial charge >= 0.3 is 6.03 Å². The summed E-state index contributed by atoms with van der Waals surface area (Å²) in [5, 5.41) is 10.2. The van der Waals surface area contributed by atoms with Crippen molar-refractivity contribution >= 4 is 11.8 Å². The normalized spacial score (nSPS) is 16.4. The number of likely N-dealkylation sites (tertiary alicyclic amines) is 1. The molecule has 24 heavy (non-hydrogen) atoms. The zero-order chi connectivity index (χ0) is 17.3. The number of anilines is 1. The molecule has 1 aliphatic rings. The molecule has 1 fully saturated rings. The Balaban J connectivity index is 1.69. The van der Waals surface area contributed by atoms with Crippen molar-refractivity contribution in [3.8, 4) is 0 Å². The SMILES string of the molecule is Cc1c(NC(=O)N2CCC(F)(F)C2)nnn1Cc1ccccc1F. The number of carbonyl (C=O) groups is 1. The van der Waals surface area contributed by atoms with Gasteiger partial charge in [-0.15, -0.1) is 5.10 Å². The molecule has 0 radical (unpaired) electrons. The molecule has 0 bridgehead atoms. The fraction of sp³-hybridized carbons (Fsp3) is 0.400. The van der Waals surface area contributed by atoms with Gasteiger partial charge in [0.2, 0.25) is 0 Å². The molecule has 9 heteroatoms. The molecule has 0 spiro atoms. The Labute approximate surface area is 136 Å². The standard InChI is InChI=1S/C15H16F3N5O/c1-10-13(19-14(24)22-7-6-15(17,18)9-22)20-21-23(10)8-11-4-2-3-5-12(11)16/h2-5H,6-9H2,1H3,(H,19,24). The first-order valence-corrected chi connectivity index (χ1v) is 7.43. The van der Waals surface area contributed by atoms with Gasteiger partial charge in [0.1, 0.15) is 5.82 Å². The summed E-state index contributed by atoms with van der Waals surface area (Å²) in [4.78, 5) is 13.1. The Kier molecular flexibility index (Phi) is 4.16. The highest BCUT2D eigenvalue weighted by Crippen LogP contribution is 2.27. The van der Waals surface area contributed by atoms with Crippen molar-refractivity contribution < 1.29 is 18.0 Å². The molecule has 1 N–H and O–H groups in total. The molecule has 3 rings (SSSR count). The van der Waals surface area contributed by atoms with E-state index in [1.54, 1.807) is 25.1 Å². The molecule has 0 aliphatic carbocycles. The van der Waals surface area contributed by atoms with Crippen molar-refractivity contribution in [1.29, 1.82) is 0 Å². The Morgan fingerprint density at radius 1 is 1.38 bits per heavy atom. The van der Waals surface area contributed by atoms with E-state index in [0.717, 1.165) is 4.90 Å². The number of nitrogens with one attached hydrogen (secondary N) is 1. The van der Waals surface area contributed by atoms with Crippen molar-refractivity contribution in [2.24, 2.45) is 0 Å². The lowest BCUT2D eigenvalue weighted by Crippen LogP contribution is -2.35. The van der Waals surface area contributed by atoms with Gasteiger partial charge < -0.3 is 4.90 Å². The lowest BCUT2D eigenvalue weighted by molar-refractivity contribution is 0.0159. The Morgan fingerprint density at radius 2 is 2.12 bits per heavy atom. The van der Waals surface area contributed by atoms with Gasteiger partial charge in [0.25, 0.3) is 5.92 Å². The first-order chi connectivity index (χ1) is 11.4. The highest BCUT2D eigenvalue weighted by molar-refractivity contribution is 5.89. The summed E-state index contributed by atoms with van der Waals surface area (Å²) in [6, 6.07) is 5.62. The fourth-order valence-corrected chi connectivity index (χ4v) is 2.50. The molecule has 0 saturated carbocycles. The van der Waals surface area contributed by atoms with E-state index in [9.17, 15) is 18.0 Å². The van der Waals surface area contributed by atoms with E-state index in [0.29, 0.717) is 11.3 Å². The summed E-state index contributed by atoms with van der Waals surface area (Å²) in [6.45, 7) is 1.20. The summed E-state index contributed by atoms with van der Waals surface area (Å²) in [5.41, 5.74) is 0.945. The molecule has 1 aliphatic heterocycles. The molecule has 128 valence electrons. The van der Waals surface area contributed by atoms with Crippen LogP contribution in [0.2, 0.25) is 0 Å². The van der Waals surface area contributed by atoms with Crippen molar-refractivity contribution in [2.45, 2.75) is 25.8 Å². The molecule has 1 saturated heterocycles. The number of hydrogen-bond donors (Lipinski definition) is 1. The minimum atomic E-state index is -2.85. The van der Waals surface area contributed by atoms with Crippen LogP contribution < -0.4 is 5.32 Å². The number of aromatic nitrogens is 3. The quantitative estimate of drug-likeness (QED) is 0.935. The van der Waals surface area contributed by atoms with Gasteiger partial charge in [0.15, 0.2) is 5.82 Å². The van der Waals surface area contributed by atoms with Crippen LogP contribution in [0.4, 0.5) is 23.8 Å². The maximum absolute atomic E-state index is 13.7. The van der Waals surface area contributed by atoms with Gasteiger partial charge in [0, 0.05) is 18.5 Å². The highest BCUT2D eigenvalue weighted by atomic mass is 19.3. The van der Waals surface area contributed by atoms with E-state index < -0.39 is 18.5 Å². The third-order valence-electron chi connectivity index (χ3n) is 3.94. The second-order valence-corrected chi connectivity index (χ2v) is 5.73. The van der Waals surface area contributed by atoms with Crippen molar-refractivity contribution in [3.05, 3.63) is 41.3 Å². The number of urea groups is 1. The van der Waals surface area contributed by atoms with Crippen LogP contribution in [0.25, 0.3) is 0 Å². The minimum absolute atomic E-state index is 0.0127. The number of benzene rings is 1. The summed E-state index contributed by atoms with van der Waals surface area (Å²) < 4.78 is 41.5. The van der Waals surface area contributed by atoms with E-state index in [4.69, 9.17) is 0 Å². The van der Waals surface area contributed by atoms with Crippen LogP contribution in [-0.2, 0) is 6.54 Å². The maximum Gasteiger partial charge on any atom is 0.323 e. The summed E-state index contributed by atoms with van der Waals surface area (Å²) in [7, 11) is 0. The number of alkyl halides is 2. The number of halogens is 3. The third-order valence-corrected chi connectivity index (χ3v) is 3.94. The van der Waals surface area contributed by atoms with Crippen LogP contribution >= 0.6 is 0 Å². The largest absolute Gasteiger partial charge is 0.323 e. The smallest absolute Gasteiger partial charge is 0.318 e. The first kappa shape index (κ1) is 16.3. The number of hydrogen-bond acceptors (Lipinski definition) is 3. The monoisotopic (exact) mass is 339 g/mol. The summed E-state index contributed by atoms with van der Waals surface area (Å²) in [6.07, 6.45) is -0.348. The molecular formula is C15H16F3N5O. The van der Waals surface area contributed by atoms with Gasteiger partial charge in [-0.1, -0.05) is 23.4 Å². The van der Waals surface area contributed by atoms with Crippen LogP contribution in [0.3, 0.4) is 0 Å². The van der Waals surface area contributed by atoms with E-state index in [1.807, 2.05) is 0 Å². The van der Waals surface area contributed by atoms with E-state index >= 15 is 0 Å².